The van der Waals surface area contributed by atoms with Crippen molar-refractivity contribution in [3.63, 3.8) is 0 Å². The summed E-state index contributed by atoms with van der Waals surface area (Å²) >= 11 is 0. The quantitative estimate of drug-likeness (QED) is 0.0370. The summed E-state index contributed by atoms with van der Waals surface area (Å²) in [5.74, 6) is -0.869. The molecule has 2 N–H and O–H groups in total. The Morgan fingerprint density at radius 2 is 0.750 bits per heavy atom. The van der Waals surface area contributed by atoms with Crippen LogP contribution in [-0.2, 0) is 28.2 Å². The highest BCUT2D eigenvalue weighted by atomic mass is 31.2. The van der Waals surface area contributed by atoms with E-state index < -0.39 is 32.5 Å². The first-order chi connectivity index (χ1) is 23.3. The maximum Gasteiger partial charge on any atom is 0.469 e. The Hall–Kier alpha value is -0.950. The van der Waals surface area contributed by atoms with Crippen LogP contribution in [0.3, 0.4) is 0 Å². The van der Waals surface area contributed by atoms with E-state index in [1.807, 2.05) is 0 Å². The lowest BCUT2D eigenvalue weighted by atomic mass is 10.0. The summed E-state index contributed by atoms with van der Waals surface area (Å²) in [6.45, 7) is 3.71. The van der Waals surface area contributed by atoms with Crippen molar-refractivity contribution in [3.8, 4) is 0 Å². The highest BCUT2D eigenvalue weighted by molar-refractivity contribution is 7.46. The number of hydrogen-bond donors (Lipinski definition) is 2. The molecule has 0 bridgehead atoms. The molecule has 0 aromatic carbocycles. The molecule has 0 aliphatic heterocycles. The van der Waals surface area contributed by atoms with E-state index in [0.29, 0.717) is 6.42 Å². The SMILES string of the molecule is CCCCCCCCCCCCCCCCCCC(=O)O[C@H](COC(=O)CCCCCCCCCCCCCCCC)COP(=O)(O)O. The van der Waals surface area contributed by atoms with Gasteiger partial charge in [0.1, 0.15) is 6.61 Å². The highest BCUT2D eigenvalue weighted by Crippen LogP contribution is 2.36. The average Bonchev–Trinajstić information content (AvgIpc) is 3.05. The van der Waals surface area contributed by atoms with Gasteiger partial charge in [-0.15, -0.1) is 0 Å². The minimum Gasteiger partial charge on any atom is -0.462 e. The average molecular weight is 705 g/mol. The van der Waals surface area contributed by atoms with Crippen molar-refractivity contribution in [2.75, 3.05) is 13.2 Å². The molecule has 0 saturated heterocycles. The van der Waals surface area contributed by atoms with Crippen LogP contribution in [0.2, 0.25) is 0 Å². The van der Waals surface area contributed by atoms with Crippen molar-refractivity contribution in [3.05, 3.63) is 0 Å². The first kappa shape index (κ1) is 47.0. The Morgan fingerprint density at radius 3 is 1.06 bits per heavy atom. The fraction of sp³-hybridized carbons (Fsp3) is 0.949. The van der Waals surface area contributed by atoms with E-state index in [2.05, 4.69) is 18.4 Å². The molecule has 9 heteroatoms. The van der Waals surface area contributed by atoms with E-state index >= 15 is 0 Å². The van der Waals surface area contributed by atoms with E-state index in [1.54, 1.807) is 0 Å². The van der Waals surface area contributed by atoms with Crippen molar-refractivity contribution in [1.82, 2.24) is 0 Å². The van der Waals surface area contributed by atoms with E-state index in [1.165, 1.54) is 154 Å². The summed E-state index contributed by atoms with van der Waals surface area (Å²) in [6, 6.07) is 0. The van der Waals surface area contributed by atoms with E-state index in [0.717, 1.165) is 32.1 Å². The number of phosphoric ester groups is 1. The molecule has 0 aromatic heterocycles. The second-order valence-corrected chi connectivity index (χ2v) is 15.2. The summed E-state index contributed by atoms with van der Waals surface area (Å²) in [5.41, 5.74) is 0. The monoisotopic (exact) mass is 705 g/mol. The van der Waals surface area contributed by atoms with Gasteiger partial charge < -0.3 is 19.3 Å². The largest absolute Gasteiger partial charge is 0.469 e. The van der Waals surface area contributed by atoms with Crippen molar-refractivity contribution >= 4 is 19.8 Å². The van der Waals surface area contributed by atoms with Gasteiger partial charge in [-0.2, -0.15) is 0 Å². The van der Waals surface area contributed by atoms with E-state index in [9.17, 15) is 14.2 Å². The third-order valence-electron chi connectivity index (χ3n) is 9.13. The van der Waals surface area contributed by atoms with Gasteiger partial charge in [-0.1, -0.05) is 194 Å². The van der Waals surface area contributed by atoms with Crippen LogP contribution >= 0.6 is 7.82 Å². The lowest BCUT2D eigenvalue weighted by Crippen LogP contribution is -2.29. The van der Waals surface area contributed by atoms with Crippen LogP contribution in [0.1, 0.15) is 219 Å². The Bertz CT molecular complexity index is 756. The lowest BCUT2D eigenvalue weighted by molar-refractivity contribution is -0.161. The van der Waals surface area contributed by atoms with Crippen LogP contribution in [0.25, 0.3) is 0 Å². The molecule has 0 heterocycles. The number of esters is 2. The van der Waals surface area contributed by atoms with Crippen LogP contribution in [0.4, 0.5) is 0 Å². The zero-order chi connectivity index (χ0) is 35.4. The molecule has 0 unspecified atom stereocenters. The summed E-state index contributed by atoms with van der Waals surface area (Å²) in [7, 11) is -4.74. The van der Waals surface area contributed by atoms with Gasteiger partial charge in [0.2, 0.25) is 0 Å². The normalized spacial score (nSPS) is 12.3. The molecule has 8 nitrogen and oxygen atoms in total. The van der Waals surface area contributed by atoms with Gasteiger partial charge in [-0.3, -0.25) is 14.1 Å². The molecule has 0 spiro atoms. The number of unbranched alkanes of at least 4 members (excludes halogenated alkanes) is 28. The molecule has 0 aliphatic rings. The van der Waals surface area contributed by atoms with Crippen molar-refractivity contribution in [1.29, 1.82) is 0 Å². The van der Waals surface area contributed by atoms with Gasteiger partial charge in [-0.25, -0.2) is 4.57 Å². The standard InChI is InChI=1S/C39H77O8P/c1-3-5-7-9-11-13-15-17-19-20-22-24-26-28-30-32-34-39(41)47-37(36-46-48(42,43)44)35-45-38(40)33-31-29-27-25-23-21-18-16-14-12-10-8-6-4-2/h37H,3-36H2,1-2H3,(H2,42,43,44)/t37-/m1/s1. The zero-order valence-corrected chi connectivity index (χ0v) is 32.3. The molecule has 0 rings (SSSR count). The molecule has 48 heavy (non-hydrogen) atoms. The predicted molar refractivity (Wildman–Crippen MR) is 198 cm³/mol. The Kier molecular flexibility index (Phi) is 35.2. The first-order valence-corrected chi connectivity index (χ1v) is 21.9. The van der Waals surface area contributed by atoms with Crippen LogP contribution in [0, 0.1) is 0 Å². The van der Waals surface area contributed by atoms with Crippen molar-refractivity contribution in [2.45, 2.75) is 225 Å². The Labute approximate surface area is 295 Å². The number of hydrogen-bond acceptors (Lipinski definition) is 6. The van der Waals surface area contributed by atoms with Crippen LogP contribution in [0.15, 0.2) is 0 Å². The summed E-state index contributed by atoms with van der Waals surface area (Å²) in [4.78, 5) is 42.8. The Morgan fingerprint density at radius 1 is 0.458 bits per heavy atom. The molecule has 0 amide bonds. The zero-order valence-electron chi connectivity index (χ0n) is 31.4. The van der Waals surface area contributed by atoms with Crippen molar-refractivity contribution < 1.29 is 37.9 Å². The minimum absolute atomic E-state index is 0.220. The number of phosphoric acid groups is 1. The highest BCUT2D eigenvalue weighted by Gasteiger charge is 2.22. The van der Waals surface area contributed by atoms with Gasteiger partial charge >= 0.3 is 19.8 Å². The minimum atomic E-state index is -4.74. The van der Waals surface area contributed by atoms with Gasteiger partial charge in [0, 0.05) is 12.8 Å². The fourth-order valence-electron chi connectivity index (χ4n) is 6.08. The molecule has 0 fully saturated rings. The van der Waals surface area contributed by atoms with Gasteiger partial charge in [0.05, 0.1) is 6.61 Å². The second-order valence-electron chi connectivity index (χ2n) is 14.0. The van der Waals surface area contributed by atoms with E-state index in [4.69, 9.17) is 19.3 Å². The Balaban J connectivity index is 3.88. The third kappa shape index (κ3) is 37.9. The molecular formula is C39H77O8P. The molecule has 286 valence electrons. The maximum atomic E-state index is 12.4. The van der Waals surface area contributed by atoms with Crippen LogP contribution in [-0.4, -0.2) is 41.0 Å². The molecule has 0 saturated carbocycles. The van der Waals surface area contributed by atoms with Gasteiger partial charge in [0.15, 0.2) is 6.10 Å². The number of ether oxygens (including phenoxy) is 2. The number of carbonyl (C=O) groups is 2. The lowest BCUT2D eigenvalue weighted by Gasteiger charge is -2.18. The summed E-state index contributed by atoms with van der Waals surface area (Å²) in [5, 5.41) is 0. The smallest absolute Gasteiger partial charge is 0.462 e. The van der Waals surface area contributed by atoms with Crippen LogP contribution in [0.5, 0.6) is 0 Å². The maximum absolute atomic E-state index is 12.4. The van der Waals surface area contributed by atoms with Crippen molar-refractivity contribution in [2.24, 2.45) is 0 Å². The topological polar surface area (TPSA) is 119 Å². The number of carbonyl (C=O) groups excluding carboxylic acids is 2. The molecule has 0 aliphatic carbocycles. The molecular weight excluding hydrogens is 627 g/mol. The summed E-state index contributed by atoms with van der Waals surface area (Å²) in [6.07, 6.45) is 36.8. The fourth-order valence-corrected chi connectivity index (χ4v) is 6.44. The van der Waals surface area contributed by atoms with E-state index in [-0.39, 0.29) is 19.4 Å². The third-order valence-corrected chi connectivity index (χ3v) is 9.61. The first-order valence-electron chi connectivity index (χ1n) is 20.3. The molecule has 1 atom stereocenters. The summed E-state index contributed by atoms with van der Waals surface area (Å²) < 4.78 is 26.4. The molecule has 0 aromatic rings. The molecule has 0 radical (unpaired) electrons. The van der Waals surface area contributed by atoms with Crippen LogP contribution < -0.4 is 0 Å². The number of rotatable bonds is 38. The second kappa shape index (κ2) is 35.9. The van der Waals surface area contributed by atoms with Gasteiger partial charge in [0.25, 0.3) is 0 Å². The van der Waals surface area contributed by atoms with Gasteiger partial charge in [-0.05, 0) is 12.8 Å². The predicted octanol–water partition coefficient (Wildman–Crippen LogP) is 12.1.